The molecule has 2 atom stereocenters. The van der Waals surface area contributed by atoms with Gasteiger partial charge in [0.2, 0.25) is 5.91 Å². The van der Waals surface area contributed by atoms with Crippen LogP contribution in [0, 0.1) is 11.8 Å². The molecular formula is C11H17NO4. The van der Waals surface area contributed by atoms with E-state index in [0.29, 0.717) is 25.9 Å². The predicted molar refractivity (Wildman–Crippen MR) is 55.7 cm³/mol. The fraction of sp³-hybridized carbons (Fsp3) is 0.818. The minimum atomic E-state index is -0.886. The van der Waals surface area contributed by atoms with Gasteiger partial charge in [0.15, 0.2) is 0 Å². The lowest BCUT2D eigenvalue weighted by atomic mass is 9.89. The van der Waals surface area contributed by atoms with Crippen LogP contribution in [-0.2, 0) is 9.59 Å². The lowest BCUT2D eigenvalue weighted by Crippen LogP contribution is -2.63. The Bertz CT molecular complexity index is 322. The van der Waals surface area contributed by atoms with Gasteiger partial charge in [0.1, 0.15) is 0 Å². The topological polar surface area (TPSA) is 77.8 Å². The third-order valence-electron chi connectivity index (χ3n) is 3.42. The highest BCUT2D eigenvalue weighted by molar-refractivity contribution is 5.90. The van der Waals surface area contributed by atoms with Crippen molar-refractivity contribution in [2.45, 2.75) is 31.8 Å². The second kappa shape index (κ2) is 3.73. The van der Waals surface area contributed by atoms with Crippen LogP contribution in [0.4, 0.5) is 0 Å². The molecule has 0 unspecified atom stereocenters. The van der Waals surface area contributed by atoms with E-state index < -0.39 is 17.5 Å². The zero-order valence-corrected chi connectivity index (χ0v) is 9.35. The van der Waals surface area contributed by atoms with Gasteiger partial charge in [0.05, 0.1) is 30.5 Å². The number of hydrogen-bond acceptors (Lipinski definition) is 3. The summed E-state index contributed by atoms with van der Waals surface area (Å²) in [5.74, 6) is -1.83. The average molecular weight is 227 g/mol. The number of carbonyl (C=O) groups is 2. The summed E-state index contributed by atoms with van der Waals surface area (Å²) in [4.78, 5) is 23.9. The Kier molecular flexibility index (Phi) is 2.66. The van der Waals surface area contributed by atoms with Gasteiger partial charge < -0.3 is 15.1 Å². The van der Waals surface area contributed by atoms with E-state index in [2.05, 4.69) is 0 Å². The first-order valence-electron chi connectivity index (χ1n) is 5.71. The molecule has 2 rings (SSSR count). The monoisotopic (exact) mass is 227 g/mol. The van der Waals surface area contributed by atoms with Crippen LogP contribution < -0.4 is 0 Å². The van der Waals surface area contributed by atoms with E-state index in [4.69, 9.17) is 5.11 Å². The van der Waals surface area contributed by atoms with Gasteiger partial charge >= 0.3 is 5.97 Å². The van der Waals surface area contributed by atoms with Gasteiger partial charge in [-0.25, -0.2) is 0 Å². The molecule has 0 radical (unpaired) electrons. The average Bonchev–Trinajstić information content (AvgIpc) is 2.92. The van der Waals surface area contributed by atoms with Gasteiger partial charge in [0.25, 0.3) is 0 Å². The lowest BCUT2D eigenvalue weighted by molar-refractivity contribution is -0.159. The minimum absolute atomic E-state index is 0.104. The van der Waals surface area contributed by atoms with E-state index in [1.165, 1.54) is 0 Å². The zero-order chi connectivity index (χ0) is 11.9. The largest absolute Gasteiger partial charge is 0.481 e. The minimum Gasteiger partial charge on any atom is -0.481 e. The van der Waals surface area contributed by atoms with Gasteiger partial charge in [-0.15, -0.1) is 0 Å². The molecule has 0 spiro atoms. The van der Waals surface area contributed by atoms with Crippen molar-refractivity contribution in [3.63, 3.8) is 0 Å². The van der Waals surface area contributed by atoms with Gasteiger partial charge in [-0.3, -0.25) is 9.59 Å². The highest BCUT2D eigenvalue weighted by Gasteiger charge is 2.53. The second-order valence-corrected chi connectivity index (χ2v) is 4.96. The van der Waals surface area contributed by atoms with Crippen molar-refractivity contribution >= 4 is 11.9 Å². The number of likely N-dealkylation sites (tertiary alicyclic amines) is 1. The van der Waals surface area contributed by atoms with Gasteiger partial charge in [-0.05, 0) is 12.8 Å². The number of aliphatic carboxylic acids is 1. The first-order valence-corrected chi connectivity index (χ1v) is 5.71. The molecule has 1 heterocycles. The number of carboxylic acids is 1. The number of aliphatic hydroxyl groups is 1. The third kappa shape index (κ3) is 1.91. The Hall–Kier alpha value is -1.10. The number of nitrogens with zero attached hydrogens (tertiary/aromatic N) is 1. The van der Waals surface area contributed by atoms with Crippen LogP contribution in [0.3, 0.4) is 0 Å². The number of hydrogen-bond donors (Lipinski definition) is 2. The summed E-state index contributed by atoms with van der Waals surface area (Å²) in [6, 6.07) is 0. The Morgan fingerprint density at radius 2 is 2.00 bits per heavy atom. The Labute approximate surface area is 94.0 Å². The molecule has 16 heavy (non-hydrogen) atoms. The summed E-state index contributed by atoms with van der Waals surface area (Å²) in [6.45, 7) is 2.72. The number of carboxylic acid groups (broad SMARTS) is 1. The number of β-amino-alcohol motifs (C(OH)–C–C–N with tert-alkyl or cyclic N) is 1. The van der Waals surface area contributed by atoms with E-state index in [9.17, 15) is 14.7 Å². The van der Waals surface area contributed by atoms with E-state index >= 15 is 0 Å². The second-order valence-electron chi connectivity index (χ2n) is 4.96. The molecule has 90 valence electrons. The molecule has 2 fully saturated rings. The molecule has 1 saturated carbocycles. The molecule has 1 aliphatic heterocycles. The Morgan fingerprint density at radius 3 is 2.44 bits per heavy atom. The van der Waals surface area contributed by atoms with Crippen molar-refractivity contribution in [2.75, 3.05) is 13.1 Å². The smallest absolute Gasteiger partial charge is 0.307 e. The van der Waals surface area contributed by atoms with Crippen molar-refractivity contribution in [3.8, 4) is 0 Å². The van der Waals surface area contributed by atoms with Gasteiger partial charge in [-0.2, -0.15) is 0 Å². The summed E-state index contributed by atoms with van der Waals surface area (Å²) in [5, 5.41) is 18.6. The van der Waals surface area contributed by atoms with Crippen LogP contribution in [0.5, 0.6) is 0 Å². The molecule has 2 N–H and O–H groups in total. The summed E-state index contributed by atoms with van der Waals surface area (Å²) in [7, 11) is 0. The molecule has 0 aromatic heterocycles. The lowest BCUT2D eigenvalue weighted by Gasteiger charge is -2.46. The van der Waals surface area contributed by atoms with Crippen molar-refractivity contribution in [2.24, 2.45) is 11.8 Å². The maximum Gasteiger partial charge on any atom is 0.307 e. The van der Waals surface area contributed by atoms with Crippen LogP contribution in [0.15, 0.2) is 0 Å². The number of rotatable bonds is 4. The predicted octanol–water partition coefficient (Wildman–Crippen LogP) is 0.0805. The molecule has 1 aliphatic carbocycles. The zero-order valence-electron chi connectivity index (χ0n) is 9.35. The molecule has 5 heteroatoms. The Morgan fingerprint density at radius 1 is 1.38 bits per heavy atom. The first kappa shape index (κ1) is 11.4. The maximum absolute atomic E-state index is 11.7. The summed E-state index contributed by atoms with van der Waals surface area (Å²) >= 11 is 0. The van der Waals surface area contributed by atoms with Crippen LogP contribution in [0.2, 0.25) is 0 Å². The Balaban J connectivity index is 1.80. The molecule has 0 bridgehead atoms. The standard InChI is InChI=1S/C11H17NO4/c1-2-3-11(16)5-12(6-11)9(13)7-4-8(7)10(14)15/h7-8,16H,2-6H2,1H3,(H,14,15)/t7-,8+/m1/s1. The molecule has 5 nitrogen and oxygen atoms in total. The highest BCUT2D eigenvalue weighted by Crippen LogP contribution is 2.42. The van der Waals surface area contributed by atoms with E-state index in [-0.39, 0.29) is 11.8 Å². The number of carbonyl (C=O) groups excluding carboxylic acids is 1. The van der Waals surface area contributed by atoms with Crippen molar-refractivity contribution < 1.29 is 19.8 Å². The highest BCUT2D eigenvalue weighted by atomic mass is 16.4. The third-order valence-corrected chi connectivity index (χ3v) is 3.42. The number of amides is 1. The first-order chi connectivity index (χ1) is 7.47. The quantitative estimate of drug-likeness (QED) is 0.713. The van der Waals surface area contributed by atoms with Crippen LogP contribution in [0.25, 0.3) is 0 Å². The van der Waals surface area contributed by atoms with E-state index in [0.717, 1.165) is 6.42 Å². The van der Waals surface area contributed by atoms with Crippen LogP contribution in [-0.4, -0.2) is 45.7 Å². The van der Waals surface area contributed by atoms with Crippen LogP contribution in [0.1, 0.15) is 26.2 Å². The fourth-order valence-electron chi connectivity index (χ4n) is 2.42. The molecular weight excluding hydrogens is 210 g/mol. The molecule has 0 aromatic carbocycles. The molecule has 1 saturated heterocycles. The van der Waals surface area contributed by atoms with Gasteiger partial charge in [0, 0.05) is 0 Å². The molecule has 1 amide bonds. The van der Waals surface area contributed by atoms with Crippen LogP contribution >= 0.6 is 0 Å². The normalized spacial score (nSPS) is 30.8. The maximum atomic E-state index is 11.7. The van der Waals surface area contributed by atoms with Crippen molar-refractivity contribution in [3.05, 3.63) is 0 Å². The summed E-state index contributed by atoms with van der Waals surface area (Å²) in [6.07, 6.45) is 2.04. The fourth-order valence-corrected chi connectivity index (χ4v) is 2.42. The van der Waals surface area contributed by atoms with Crippen molar-refractivity contribution in [1.82, 2.24) is 4.90 Å². The summed E-state index contributed by atoms with van der Waals surface area (Å²) < 4.78 is 0. The van der Waals surface area contributed by atoms with Gasteiger partial charge in [-0.1, -0.05) is 13.3 Å². The SMILES string of the molecule is CCCC1(O)CN(C(=O)[C@@H]2C[C@@H]2C(=O)O)C1. The molecule has 0 aromatic rings. The van der Waals surface area contributed by atoms with E-state index in [1.807, 2.05) is 6.92 Å². The summed E-state index contributed by atoms with van der Waals surface area (Å²) in [5.41, 5.74) is -0.724. The van der Waals surface area contributed by atoms with Crippen molar-refractivity contribution in [1.29, 1.82) is 0 Å². The van der Waals surface area contributed by atoms with E-state index in [1.54, 1.807) is 4.90 Å². The molecule has 2 aliphatic rings.